The predicted octanol–water partition coefficient (Wildman–Crippen LogP) is 0.136. The summed E-state index contributed by atoms with van der Waals surface area (Å²) in [5.41, 5.74) is 5.84. The average Bonchev–Trinajstić information content (AvgIpc) is 2.69. The average molecular weight is 245 g/mol. The third-order valence-corrected chi connectivity index (χ3v) is 3.67. The van der Waals surface area contributed by atoms with Crippen molar-refractivity contribution in [2.24, 2.45) is 11.7 Å². The Hall–Kier alpha value is -0.260. The Morgan fingerprint density at radius 1 is 1.69 bits per heavy atom. The molecule has 0 aromatic carbocycles. The van der Waals surface area contributed by atoms with Gasteiger partial charge in [-0.15, -0.1) is 0 Å². The van der Waals surface area contributed by atoms with Crippen LogP contribution in [0.3, 0.4) is 0 Å². The van der Waals surface area contributed by atoms with Gasteiger partial charge in [0.25, 0.3) is 0 Å². The van der Waals surface area contributed by atoms with Gasteiger partial charge >= 0.3 is 0 Å². The first kappa shape index (κ1) is 13.8. The molecule has 1 heterocycles. The highest BCUT2D eigenvalue weighted by atomic mass is 32.1. The number of carbonyl (C=O) groups is 1. The zero-order valence-electron chi connectivity index (χ0n) is 10.1. The van der Waals surface area contributed by atoms with Crippen LogP contribution in [0.2, 0.25) is 0 Å². The second-order valence-corrected chi connectivity index (χ2v) is 5.38. The standard InChI is InChI=1S/C11H23N3OS/c1-3-7(2)10(12)11(15)14-5-8-4-9(16)6-13-8/h7-10,13,16H,3-6,12H2,1-2H3,(H,14,15)/t7-,8?,9?,10-/m0/s1. The fourth-order valence-electron chi connectivity index (χ4n) is 1.81. The van der Waals surface area contributed by atoms with Crippen molar-refractivity contribution in [1.82, 2.24) is 10.6 Å². The molecule has 94 valence electrons. The van der Waals surface area contributed by atoms with E-state index in [0.717, 1.165) is 19.4 Å². The highest BCUT2D eigenvalue weighted by Crippen LogP contribution is 2.11. The maximum atomic E-state index is 11.7. The molecular weight excluding hydrogens is 222 g/mol. The molecule has 1 aliphatic heterocycles. The van der Waals surface area contributed by atoms with E-state index in [9.17, 15) is 4.79 Å². The van der Waals surface area contributed by atoms with E-state index in [1.807, 2.05) is 13.8 Å². The molecule has 1 fully saturated rings. The van der Waals surface area contributed by atoms with Gasteiger partial charge in [0.2, 0.25) is 5.91 Å². The van der Waals surface area contributed by atoms with Gasteiger partial charge in [-0.3, -0.25) is 4.79 Å². The third kappa shape index (κ3) is 3.96. The summed E-state index contributed by atoms with van der Waals surface area (Å²) in [6.45, 7) is 5.62. The van der Waals surface area contributed by atoms with Crippen LogP contribution in [0.25, 0.3) is 0 Å². The highest BCUT2D eigenvalue weighted by Gasteiger charge is 2.23. The van der Waals surface area contributed by atoms with Crippen molar-refractivity contribution in [2.45, 2.75) is 44.0 Å². The van der Waals surface area contributed by atoms with Crippen molar-refractivity contribution in [1.29, 1.82) is 0 Å². The summed E-state index contributed by atoms with van der Waals surface area (Å²) in [6.07, 6.45) is 1.93. The van der Waals surface area contributed by atoms with Crippen LogP contribution >= 0.6 is 12.6 Å². The molecule has 5 heteroatoms. The lowest BCUT2D eigenvalue weighted by atomic mass is 9.99. The van der Waals surface area contributed by atoms with Gasteiger partial charge < -0.3 is 16.4 Å². The first-order chi connectivity index (χ1) is 7.54. The van der Waals surface area contributed by atoms with Crippen LogP contribution in [0.5, 0.6) is 0 Å². The lowest BCUT2D eigenvalue weighted by Crippen LogP contribution is -2.47. The number of carbonyl (C=O) groups excluding carboxylic acids is 1. The molecule has 4 N–H and O–H groups in total. The minimum atomic E-state index is -0.391. The maximum Gasteiger partial charge on any atom is 0.237 e. The Morgan fingerprint density at radius 2 is 2.38 bits per heavy atom. The third-order valence-electron chi connectivity index (χ3n) is 3.28. The van der Waals surface area contributed by atoms with Gasteiger partial charge in [-0.05, 0) is 12.3 Å². The van der Waals surface area contributed by atoms with E-state index in [-0.39, 0.29) is 11.8 Å². The monoisotopic (exact) mass is 245 g/mol. The molecular formula is C11H23N3OS. The summed E-state index contributed by atoms with van der Waals surface area (Å²) >= 11 is 4.38. The lowest BCUT2D eigenvalue weighted by Gasteiger charge is -2.19. The van der Waals surface area contributed by atoms with Gasteiger partial charge in [0.1, 0.15) is 0 Å². The Balaban J connectivity index is 2.24. The molecule has 16 heavy (non-hydrogen) atoms. The van der Waals surface area contributed by atoms with Gasteiger partial charge in [-0.2, -0.15) is 12.6 Å². The van der Waals surface area contributed by atoms with E-state index in [1.54, 1.807) is 0 Å². The largest absolute Gasteiger partial charge is 0.353 e. The summed E-state index contributed by atoms with van der Waals surface area (Å²) in [4.78, 5) is 11.7. The molecule has 0 radical (unpaired) electrons. The number of nitrogens with one attached hydrogen (secondary N) is 2. The van der Waals surface area contributed by atoms with E-state index in [4.69, 9.17) is 5.73 Å². The molecule has 2 unspecified atom stereocenters. The Labute approximate surface area is 103 Å². The van der Waals surface area contributed by atoms with Crippen molar-refractivity contribution in [3.05, 3.63) is 0 Å². The number of hydrogen-bond acceptors (Lipinski definition) is 4. The summed E-state index contributed by atoms with van der Waals surface area (Å²) in [5.74, 6) is 0.188. The minimum absolute atomic E-state index is 0.0428. The van der Waals surface area contributed by atoms with Crippen molar-refractivity contribution in [3.63, 3.8) is 0 Å². The highest BCUT2D eigenvalue weighted by molar-refractivity contribution is 7.81. The number of hydrogen-bond donors (Lipinski definition) is 4. The van der Waals surface area contributed by atoms with Crippen LogP contribution in [0.15, 0.2) is 0 Å². The Bertz CT molecular complexity index is 237. The van der Waals surface area contributed by atoms with Crippen LogP contribution in [0.1, 0.15) is 26.7 Å². The topological polar surface area (TPSA) is 67.2 Å². The molecule has 1 amide bonds. The fraction of sp³-hybridized carbons (Fsp3) is 0.909. The summed E-state index contributed by atoms with van der Waals surface area (Å²) < 4.78 is 0. The van der Waals surface area contributed by atoms with Crippen molar-refractivity contribution in [3.8, 4) is 0 Å². The van der Waals surface area contributed by atoms with E-state index >= 15 is 0 Å². The molecule has 1 aliphatic rings. The van der Waals surface area contributed by atoms with Gasteiger partial charge in [-0.25, -0.2) is 0 Å². The zero-order chi connectivity index (χ0) is 12.1. The van der Waals surface area contributed by atoms with Crippen LogP contribution in [0.4, 0.5) is 0 Å². The first-order valence-corrected chi connectivity index (χ1v) is 6.51. The maximum absolute atomic E-state index is 11.7. The molecule has 0 bridgehead atoms. The summed E-state index contributed by atoms with van der Waals surface area (Å²) in [6, 6.07) is -0.0474. The molecule has 4 atom stereocenters. The second-order valence-electron chi connectivity index (χ2n) is 4.65. The summed E-state index contributed by atoms with van der Waals surface area (Å²) in [5, 5.41) is 6.62. The Kier molecular flexibility index (Phi) is 5.58. The smallest absolute Gasteiger partial charge is 0.237 e. The van der Waals surface area contributed by atoms with E-state index < -0.39 is 6.04 Å². The van der Waals surface area contributed by atoms with Gasteiger partial charge in [-0.1, -0.05) is 20.3 Å². The van der Waals surface area contributed by atoms with Crippen molar-refractivity contribution in [2.75, 3.05) is 13.1 Å². The fourth-order valence-corrected chi connectivity index (χ4v) is 2.17. The van der Waals surface area contributed by atoms with Crippen LogP contribution in [-0.4, -0.2) is 36.3 Å². The molecule has 1 rings (SSSR count). The SMILES string of the molecule is CC[C@H](C)[C@H](N)C(=O)NCC1CC(S)CN1. The van der Waals surface area contributed by atoms with E-state index in [1.165, 1.54) is 0 Å². The van der Waals surface area contributed by atoms with Crippen LogP contribution in [-0.2, 0) is 4.79 Å². The van der Waals surface area contributed by atoms with E-state index in [0.29, 0.717) is 17.8 Å². The van der Waals surface area contributed by atoms with Gasteiger partial charge in [0, 0.05) is 24.4 Å². The Morgan fingerprint density at radius 3 is 2.88 bits per heavy atom. The van der Waals surface area contributed by atoms with Crippen LogP contribution < -0.4 is 16.4 Å². The second kappa shape index (κ2) is 6.47. The molecule has 0 aromatic rings. The number of thiol groups is 1. The zero-order valence-corrected chi connectivity index (χ0v) is 11.0. The number of nitrogens with two attached hydrogens (primary N) is 1. The molecule has 0 aliphatic carbocycles. The van der Waals surface area contributed by atoms with Crippen molar-refractivity contribution < 1.29 is 4.79 Å². The molecule has 0 spiro atoms. The molecule has 4 nitrogen and oxygen atoms in total. The van der Waals surface area contributed by atoms with E-state index in [2.05, 4.69) is 23.3 Å². The minimum Gasteiger partial charge on any atom is -0.353 e. The quantitative estimate of drug-likeness (QED) is 0.521. The molecule has 1 saturated heterocycles. The van der Waals surface area contributed by atoms with Crippen molar-refractivity contribution >= 4 is 18.5 Å². The van der Waals surface area contributed by atoms with Crippen LogP contribution in [0, 0.1) is 5.92 Å². The lowest BCUT2D eigenvalue weighted by molar-refractivity contribution is -0.123. The first-order valence-electron chi connectivity index (χ1n) is 5.99. The normalized spacial score (nSPS) is 28.8. The summed E-state index contributed by atoms with van der Waals surface area (Å²) in [7, 11) is 0. The van der Waals surface area contributed by atoms with Gasteiger partial charge in [0.15, 0.2) is 0 Å². The number of amides is 1. The number of rotatable bonds is 5. The van der Waals surface area contributed by atoms with Gasteiger partial charge in [0.05, 0.1) is 6.04 Å². The predicted molar refractivity (Wildman–Crippen MR) is 69.6 cm³/mol. The molecule has 0 aromatic heterocycles. The molecule has 0 saturated carbocycles.